The van der Waals surface area contributed by atoms with E-state index >= 15 is 0 Å². The first-order valence-corrected chi connectivity index (χ1v) is 3.10. The highest BCUT2D eigenvalue weighted by Gasteiger charge is 1.95. The third kappa shape index (κ3) is 2.29. The predicted molar refractivity (Wildman–Crippen MR) is 37.8 cm³/mol. The Kier molecular flexibility index (Phi) is 2.48. The Morgan fingerprint density at radius 3 is 3.18 bits per heavy atom. The lowest BCUT2D eigenvalue weighted by Gasteiger charge is -2.02. The molecule has 1 amide bonds. The lowest BCUT2D eigenvalue weighted by atomic mass is 10.8. The van der Waals surface area contributed by atoms with Crippen LogP contribution in [0.2, 0.25) is 0 Å². The smallest absolute Gasteiger partial charge is 0.408 e. The molecule has 0 radical (unpaired) electrons. The third-order valence-electron chi connectivity index (χ3n) is 1.15. The molecule has 0 aliphatic rings. The molecular weight excluding hydrogens is 146 g/mol. The van der Waals surface area contributed by atoms with Crippen molar-refractivity contribution in [2.24, 2.45) is 0 Å². The van der Waals surface area contributed by atoms with Crippen molar-refractivity contribution < 1.29 is 9.53 Å². The van der Waals surface area contributed by atoms with Gasteiger partial charge in [-0.2, -0.15) is 0 Å². The van der Waals surface area contributed by atoms with E-state index in [0.717, 1.165) is 0 Å². The van der Waals surface area contributed by atoms with Gasteiger partial charge in [0.1, 0.15) is 0 Å². The van der Waals surface area contributed by atoms with E-state index in [0.29, 0.717) is 6.67 Å². The molecule has 5 heteroatoms. The standard InChI is InChI=1S/C6H9N3O2/c1-11-6(10)8-5-9-3-2-7-4-9/h2-4H,5H2,1H3,(H,8,10). The maximum Gasteiger partial charge on any atom is 0.408 e. The molecule has 1 rings (SSSR count). The Balaban J connectivity index is 2.29. The summed E-state index contributed by atoms with van der Waals surface area (Å²) in [7, 11) is 1.32. The summed E-state index contributed by atoms with van der Waals surface area (Å²) in [4.78, 5) is 14.3. The lowest BCUT2D eigenvalue weighted by molar-refractivity contribution is 0.168. The van der Waals surface area contributed by atoms with Crippen LogP contribution in [0.5, 0.6) is 0 Å². The van der Waals surface area contributed by atoms with Crippen molar-refractivity contribution in [1.29, 1.82) is 0 Å². The van der Waals surface area contributed by atoms with E-state index in [1.54, 1.807) is 23.3 Å². The fraction of sp³-hybridized carbons (Fsp3) is 0.333. The fourth-order valence-electron chi connectivity index (χ4n) is 0.608. The van der Waals surface area contributed by atoms with Gasteiger partial charge in [0.25, 0.3) is 0 Å². The van der Waals surface area contributed by atoms with E-state index in [-0.39, 0.29) is 0 Å². The lowest BCUT2D eigenvalue weighted by Crippen LogP contribution is -2.25. The van der Waals surface area contributed by atoms with Crippen LogP contribution in [0, 0.1) is 0 Å². The van der Waals surface area contributed by atoms with Crippen LogP contribution < -0.4 is 5.32 Å². The number of nitrogens with one attached hydrogen (secondary N) is 1. The van der Waals surface area contributed by atoms with Crippen LogP contribution in [-0.4, -0.2) is 22.8 Å². The number of amides is 1. The number of aromatic nitrogens is 2. The topological polar surface area (TPSA) is 56.1 Å². The molecule has 0 atom stereocenters. The second kappa shape index (κ2) is 3.60. The second-order valence-corrected chi connectivity index (χ2v) is 1.90. The van der Waals surface area contributed by atoms with Gasteiger partial charge < -0.3 is 14.6 Å². The Morgan fingerprint density at radius 1 is 1.82 bits per heavy atom. The Bertz CT molecular complexity index is 220. The van der Waals surface area contributed by atoms with Crippen LogP contribution in [-0.2, 0) is 11.4 Å². The summed E-state index contributed by atoms with van der Waals surface area (Å²) >= 11 is 0. The van der Waals surface area contributed by atoms with E-state index in [2.05, 4.69) is 15.0 Å². The van der Waals surface area contributed by atoms with E-state index in [1.807, 2.05) is 0 Å². The van der Waals surface area contributed by atoms with Gasteiger partial charge >= 0.3 is 6.09 Å². The molecule has 0 aliphatic heterocycles. The van der Waals surface area contributed by atoms with Crippen molar-refractivity contribution in [3.05, 3.63) is 18.7 Å². The molecule has 1 aromatic heterocycles. The molecule has 5 nitrogen and oxygen atoms in total. The van der Waals surface area contributed by atoms with E-state index < -0.39 is 6.09 Å². The molecule has 1 heterocycles. The highest BCUT2D eigenvalue weighted by Crippen LogP contribution is 1.82. The van der Waals surface area contributed by atoms with Gasteiger partial charge in [0.15, 0.2) is 0 Å². The number of hydrogen-bond donors (Lipinski definition) is 1. The number of rotatable bonds is 2. The summed E-state index contributed by atoms with van der Waals surface area (Å²) < 4.78 is 6.08. The van der Waals surface area contributed by atoms with Gasteiger partial charge in [-0.05, 0) is 0 Å². The summed E-state index contributed by atoms with van der Waals surface area (Å²) in [6.45, 7) is 0.382. The van der Waals surface area contributed by atoms with Crippen LogP contribution in [0.25, 0.3) is 0 Å². The SMILES string of the molecule is COC(=O)NCn1ccnc1. The first kappa shape index (κ1) is 7.59. The molecule has 0 saturated carbocycles. The van der Waals surface area contributed by atoms with E-state index in [1.165, 1.54) is 7.11 Å². The zero-order valence-electron chi connectivity index (χ0n) is 6.15. The zero-order valence-corrected chi connectivity index (χ0v) is 6.15. The predicted octanol–water partition coefficient (Wildman–Crippen LogP) is 0.197. The Hall–Kier alpha value is -1.52. The number of ether oxygens (including phenoxy) is 1. The van der Waals surface area contributed by atoms with Gasteiger partial charge in [0.05, 0.1) is 20.1 Å². The highest BCUT2D eigenvalue weighted by molar-refractivity contribution is 5.66. The van der Waals surface area contributed by atoms with Gasteiger partial charge in [0, 0.05) is 12.4 Å². The monoisotopic (exact) mass is 155 g/mol. The van der Waals surface area contributed by atoms with Gasteiger partial charge in [0.2, 0.25) is 0 Å². The molecule has 0 unspecified atom stereocenters. The summed E-state index contributed by atoms with van der Waals surface area (Å²) in [5, 5.41) is 2.50. The molecule has 1 aromatic rings. The van der Waals surface area contributed by atoms with Gasteiger partial charge in [-0.25, -0.2) is 9.78 Å². The molecule has 0 saturated heterocycles. The number of carbonyl (C=O) groups excluding carboxylic acids is 1. The summed E-state index contributed by atoms with van der Waals surface area (Å²) in [6.07, 6.45) is 4.55. The van der Waals surface area contributed by atoms with Crippen molar-refractivity contribution in [3.8, 4) is 0 Å². The average Bonchev–Trinajstić information content (AvgIpc) is 2.52. The number of imidazole rings is 1. The molecule has 1 N–H and O–H groups in total. The number of alkyl carbamates (subject to hydrolysis) is 1. The molecule has 0 aromatic carbocycles. The first-order chi connectivity index (χ1) is 5.33. The molecule has 0 bridgehead atoms. The van der Waals surface area contributed by atoms with Gasteiger partial charge in [-0.3, -0.25) is 0 Å². The fourth-order valence-corrected chi connectivity index (χ4v) is 0.608. The minimum atomic E-state index is -0.446. The largest absolute Gasteiger partial charge is 0.453 e. The summed E-state index contributed by atoms with van der Waals surface area (Å²) in [5.74, 6) is 0. The van der Waals surface area contributed by atoms with Crippen LogP contribution in [0.3, 0.4) is 0 Å². The maximum atomic E-state index is 10.5. The summed E-state index contributed by atoms with van der Waals surface area (Å²) in [6, 6.07) is 0. The average molecular weight is 155 g/mol. The van der Waals surface area contributed by atoms with E-state index in [9.17, 15) is 4.79 Å². The Labute approximate surface area is 64.0 Å². The molecule has 0 aliphatic carbocycles. The molecule has 60 valence electrons. The first-order valence-electron chi connectivity index (χ1n) is 3.10. The minimum Gasteiger partial charge on any atom is -0.453 e. The van der Waals surface area contributed by atoms with Crippen LogP contribution >= 0.6 is 0 Å². The Morgan fingerprint density at radius 2 is 2.64 bits per heavy atom. The van der Waals surface area contributed by atoms with Crippen LogP contribution in [0.4, 0.5) is 4.79 Å². The van der Waals surface area contributed by atoms with Gasteiger partial charge in [-0.1, -0.05) is 0 Å². The maximum absolute atomic E-state index is 10.5. The van der Waals surface area contributed by atoms with Crippen molar-refractivity contribution in [2.45, 2.75) is 6.67 Å². The van der Waals surface area contributed by atoms with Gasteiger partial charge in [-0.15, -0.1) is 0 Å². The molecule has 0 fully saturated rings. The van der Waals surface area contributed by atoms with Crippen molar-refractivity contribution in [2.75, 3.05) is 7.11 Å². The number of nitrogens with zero attached hydrogens (tertiary/aromatic N) is 2. The van der Waals surface area contributed by atoms with Crippen LogP contribution in [0.15, 0.2) is 18.7 Å². The van der Waals surface area contributed by atoms with Crippen LogP contribution in [0.1, 0.15) is 0 Å². The van der Waals surface area contributed by atoms with Crippen molar-refractivity contribution >= 4 is 6.09 Å². The zero-order chi connectivity index (χ0) is 8.10. The third-order valence-corrected chi connectivity index (χ3v) is 1.15. The van der Waals surface area contributed by atoms with E-state index in [4.69, 9.17) is 0 Å². The normalized spacial score (nSPS) is 9.18. The highest BCUT2D eigenvalue weighted by atomic mass is 16.5. The number of carbonyl (C=O) groups is 1. The summed E-state index contributed by atoms with van der Waals surface area (Å²) in [5.41, 5.74) is 0. The molecule has 11 heavy (non-hydrogen) atoms. The minimum absolute atomic E-state index is 0.382. The quantitative estimate of drug-likeness (QED) is 0.663. The van der Waals surface area contributed by atoms with Crippen molar-refractivity contribution in [1.82, 2.24) is 14.9 Å². The van der Waals surface area contributed by atoms with Crippen molar-refractivity contribution in [3.63, 3.8) is 0 Å². The number of methoxy groups -OCH3 is 1. The number of hydrogen-bond acceptors (Lipinski definition) is 3. The second-order valence-electron chi connectivity index (χ2n) is 1.90. The molecular formula is C6H9N3O2. The molecule has 0 spiro atoms.